The number of hydrogen-bond acceptors (Lipinski definition) is 3. The van der Waals surface area contributed by atoms with Crippen LogP contribution in [0.25, 0.3) is 0 Å². The molecule has 0 aliphatic heterocycles. The van der Waals surface area contributed by atoms with Crippen molar-refractivity contribution in [2.75, 3.05) is 5.75 Å². The summed E-state index contributed by atoms with van der Waals surface area (Å²) in [6.45, 7) is 0.433. The smallest absolute Gasteiger partial charge is 0.163 e. The number of rotatable bonds is 4. The summed E-state index contributed by atoms with van der Waals surface area (Å²) >= 11 is 3.89. The van der Waals surface area contributed by atoms with E-state index >= 15 is 0 Å². The monoisotopic (exact) mass is 184 g/mol. The Balaban J connectivity index is 2.33. The molecule has 12 heavy (non-hydrogen) atoms. The minimum atomic E-state index is -0.770. The lowest BCUT2D eigenvalue weighted by molar-refractivity contribution is -0.0902. The van der Waals surface area contributed by atoms with Crippen molar-refractivity contribution >= 4 is 12.6 Å². The van der Waals surface area contributed by atoms with E-state index < -0.39 is 6.29 Å². The molecule has 0 spiro atoms. The van der Waals surface area contributed by atoms with Crippen molar-refractivity contribution in [3.8, 4) is 0 Å². The van der Waals surface area contributed by atoms with Crippen LogP contribution >= 0.6 is 12.6 Å². The van der Waals surface area contributed by atoms with Crippen molar-refractivity contribution in [2.45, 2.75) is 12.9 Å². The van der Waals surface area contributed by atoms with E-state index in [2.05, 4.69) is 12.6 Å². The lowest BCUT2D eigenvalue weighted by atomic mass is 10.2. The first-order valence-corrected chi connectivity index (χ1v) is 4.40. The Morgan fingerprint density at radius 2 is 2.00 bits per heavy atom. The number of hydrogen-bond donors (Lipinski definition) is 2. The quantitative estimate of drug-likeness (QED) is 0.548. The second kappa shape index (κ2) is 5.19. The summed E-state index contributed by atoms with van der Waals surface area (Å²) in [6.07, 6.45) is -0.770. The topological polar surface area (TPSA) is 29.5 Å². The van der Waals surface area contributed by atoms with Crippen LogP contribution in [0.1, 0.15) is 5.56 Å². The molecule has 0 heterocycles. The van der Waals surface area contributed by atoms with Crippen molar-refractivity contribution in [2.24, 2.45) is 0 Å². The molecule has 0 saturated heterocycles. The molecule has 0 bridgehead atoms. The highest BCUT2D eigenvalue weighted by molar-refractivity contribution is 7.80. The zero-order valence-corrected chi connectivity index (χ0v) is 7.58. The van der Waals surface area contributed by atoms with E-state index in [4.69, 9.17) is 9.84 Å². The Kier molecular flexibility index (Phi) is 4.14. The molecule has 2 nitrogen and oxygen atoms in total. The molecular weight excluding hydrogens is 172 g/mol. The maximum absolute atomic E-state index is 9.02. The van der Waals surface area contributed by atoms with E-state index in [1.807, 2.05) is 30.3 Å². The molecule has 1 aromatic rings. The van der Waals surface area contributed by atoms with Gasteiger partial charge in [0.25, 0.3) is 0 Å². The van der Waals surface area contributed by atoms with E-state index in [1.165, 1.54) is 0 Å². The minimum Gasteiger partial charge on any atom is -0.367 e. The number of ether oxygens (including phenoxy) is 1. The largest absolute Gasteiger partial charge is 0.367 e. The third-order valence-corrected chi connectivity index (χ3v) is 1.75. The number of aliphatic hydroxyl groups excluding tert-OH is 1. The molecule has 0 aliphatic rings. The standard InChI is InChI=1S/C9H12O2S/c10-9(7-12)11-6-8-4-2-1-3-5-8/h1-5,9-10,12H,6-7H2. The summed E-state index contributed by atoms with van der Waals surface area (Å²) in [5, 5.41) is 9.02. The van der Waals surface area contributed by atoms with Crippen LogP contribution in [-0.2, 0) is 11.3 Å². The summed E-state index contributed by atoms with van der Waals surface area (Å²) in [5.74, 6) is 0.326. The van der Waals surface area contributed by atoms with Gasteiger partial charge in [-0.2, -0.15) is 12.6 Å². The van der Waals surface area contributed by atoms with Crippen LogP contribution in [0.5, 0.6) is 0 Å². The van der Waals surface area contributed by atoms with E-state index in [-0.39, 0.29) is 0 Å². The molecule has 0 saturated carbocycles. The number of aliphatic hydroxyl groups is 1. The molecule has 0 aliphatic carbocycles. The van der Waals surface area contributed by atoms with Gasteiger partial charge < -0.3 is 9.84 Å². The molecule has 1 atom stereocenters. The van der Waals surface area contributed by atoms with E-state index in [0.29, 0.717) is 12.4 Å². The molecule has 1 rings (SSSR count). The van der Waals surface area contributed by atoms with Crippen molar-refractivity contribution in [3.05, 3.63) is 35.9 Å². The summed E-state index contributed by atoms with van der Waals surface area (Å²) < 4.78 is 5.06. The zero-order chi connectivity index (χ0) is 8.81. The third-order valence-electron chi connectivity index (χ3n) is 1.44. The second-order valence-electron chi connectivity index (χ2n) is 2.43. The molecule has 1 N–H and O–H groups in total. The van der Waals surface area contributed by atoms with Crippen LogP contribution in [0, 0.1) is 0 Å². The minimum absolute atomic E-state index is 0.326. The van der Waals surface area contributed by atoms with Crippen LogP contribution in [0.15, 0.2) is 30.3 Å². The number of thiol groups is 1. The Bertz CT molecular complexity index is 213. The molecule has 0 amide bonds. The first-order chi connectivity index (χ1) is 5.83. The Labute approximate surface area is 77.6 Å². The molecule has 66 valence electrons. The SMILES string of the molecule is OC(CS)OCc1ccccc1. The number of benzene rings is 1. The van der Waals surface area contributed by atoms with E-state index in [1.54, 1.807) is 0 Å². The summed E-state index contributed by atoms with van der Waals surface area (Å²) in [4.78, 5) is 0. The molecule has 0 fully saturated rings. The molecule has 0 aromatic heterocycles. The molecule has 0 radical (unpaired) electrons. The van der Waals surface area contributed by atoms with Gasteiger partial charge in [0, 0.05) is 5.75 Å². The van der Waals surface area contributed by atoms with Gasteiger partial charge >= 0.3 is 0 Å². The van der Waals surface area contributed by atoms with Crippen LogP contribution in [0.3, 0.4) is 0 Å². The molecule has 1 unspecified atom stereocenters. The van der Waals surface area contributed by atoms with Gasteiger partial charge in [0.15, 0.2) is 6.29 Å². The van der Waals surface area contributed by atoms with Gasteiger partial charge in [-0.15, -0.1) is 0 Å². The predicted molar refractivity (Wildman–Crippen MR) is 51.1 cm³/mol. The highest BCUT2D eigenvalue weighted by Gasteiger charge is 1.99. The van der Waals surface area contributed by atoms with E-state index in [0.717, 1.165) is 5.56 Å². The van der Waals surface area contributed by atoms with Gasteiger partial charge in [0.2, 0.25) is 0 Å². The van der Waals surface area contributed by atoms with Gasteiger partial charge in [-0.3, -0.25) is 0 Å². The lowest BCUT2D eigenvalue weighted by Crippen LogP contribution is -2.12. The molecular formula is C9H12O2S. The zero-order valence-electron chi connectivity index (χ0n) is 6.68. The highest BCUT2D eigenvalue weighted by atomic mass is 32.1. The van der Waals surface area contributed by atoms with Crippen LogP contribution < -0.4 is 0 Å². The molecule has 1 aromatic carbocycles. The van der Waals surface area contributed by atoms with Gasteiger partial charge in [-0.05, 0) is 5.56 Å². The molecule has 3 heteroatoms. The highest BCUT2D eigenvalue weighted by Crippen LogP contribution is 2.02. The fourth-order valence-corrected chi connectivity index (χ4v) is 0.925. The Morgan fingerprint density at radius 1 is 1.33 bits per heavy atom. The Hall–Kier alpha value is -0.510. The third kappa shape index (κ3) is 3.26. The van der Waals surface area contributed by atoms with Gasteiger partial charge in [0.1, 0.15) is 0 Å². The van der Waals surface area contributed by atoms with Crippen molar-refractivity contribution < 1.29 is 9.84 Å². The van der Waals surface area contributed by atoms with E-state index in [9.17, 15) is 0 Å². The Morgan fingerprint density at radius 3 is 2.58 bits per heavy atom. The van der Waals surface area contributed by atoms with Crippen LogP contribution in [0.4, 0.5) is 0 Å². The fraction of sp³-hybridized carbons (Fsp3) is 0.333. The van der Waals surface area contributed by atoms with Crippen molar-refractivity contribution in [1.29, 1.82) is 0 Å². The maximum Gasteiger partial charge on any atom is 0.163 e. The fourth-order valence-electron chi connectivity index (χ4n) is 0.819. The average molecular weight is 184 g/mol. The first kappa shape index (κ1) is 9.58. The summed E-state index contributed by atoms with van der Waals surface area (Å²) in [7, 11) is 0. The first-order valence-electron chi connectivity index (χ1n) is 3.77. The van der Waals surface area contributed by atoms with Crippen molar-refractivity contribution in [1.82, 2.24) is 0 Å². The van der Waals surface area contributed by atoms with Gasteiger partial charge in [-0.1, -0.05) is 30.3 Å². The van der Waals surface area contributed by atoms with Crippen LogP contribution in [-0.4, -0.2) is 17.1 Å². The lowest BCUT2D eigenvalue weighted by Gasteiger charge is -2.08. The maximum atomic E-state index is 9.02. The average Bonchev–Trinajstić information content (AvgIpc) is 2.16. The summed E-state index contributed by atoms with van der Waals surface area (Å²) in [5.41, 5.74) is 1.05. The second-order valence-corrected chi connectivity index (χ2v) is 2.80. The summed E-state index contributed by atoms with van der Waals surface area (Å²) in [6, 6.07) is 9.71. The predicted octanol–water partition coefficient (Wildman–Crippen LogP) is 1.45. The van der Waals surface area contributed by atoms with Gasteiger partial charge in [-0.25, -0.2) is 0 Å². The van der Waals surface area contributed by atoms with Crippen molar-refractivity contribution in [3.63, 3.8) is 0 Å². The van der Waals surface area contributed by atoms with Gasteiger partial charge in [0.05, 0.1) is 6.61 Å². The van der Waals surface area contributed by atoms with Crippen LogP contribution in [0.2, 0.25) is 0 Å². The normalized spacial score (nSPS) is 12.8.